The molecule has 1 aromatic heterocycles. The third-order valence-corrected chi connectivity index (χ3v) is 2.65. The van der Waals surface area contributed by atoms with Crippen LogP contribution in [-0.2, 0) is 9.59 Å². The molecule has 14 nitrogen and oxygen atoms in total. The number of aromatic hydroxyl groups is 3. The number of carbonyl (C=O) groups is 4. The fourth-order valence-electron chi connectivity index (χ4n) is 1.58. The first kappa shape index (κ1) is 31.9. The predicted octanol–water partition coefficient (Wildman–Crippen LogP) is 1.94. The van der Waals surface area contributed by atoms with Gasteiger partial charge in [-0.15, -0.1) is 15.0 Å². The Labute approximate surface area is 198 Å². The molecule has 0 atom stereocenters. The lowest BCUT2D eigenvalue weighted by molar-refractivity contribution is -0.135. The van der Waals surface area contributed by atoms with Crippen LogP contribution in [0.3, 0.4) is 0 Å². The molecule has 3 rings (SSSR count). The van der Waals surface area contributed by atoms with E-state index in [2.05, 4.69) is 15.0 Å². The normalized spacial score (nSPS) is 8.40. The number of aromatic nitrogens is 3. The van der Waals surface area contributed by atoms with E-state index < -0.39 is 41.9 Å². The second kappa shape index (κ2) is 18.3. The molecule has 0 amide bonds. The van der Waals surface area contributed by atoms with Crippen molar-refractivity contribution < 1.29 is 54.9 Å². The van der Waals surface area contributed by atoms with Crippen LogP contribution in [0.15, 0.2) is 60.7 Å². The van der Waals surface area contributed by atoms with Gasteiger partial charge < -0.3 is 35.7 Å². The Bertz CT molecular complexity index is 947. The van der Waals surface area contributed by atoms with Gasteiger partial charge in [-0.3, -0.25) is 9.59 Å². The molecule has 3 aromatic rings. The lowest BCUT2D eigenvalue weighted by atomic mass is 10.1. The molecule has 0 bridgehead atoms. The van der Waals surface area contributed by atoms with Crippen molar-refractivity contribution in [2.45, 2.75) is 13.8 Å². The smallest absolute Gasteiger partial charge is 0.336 e. The third kappa shape index (κ3) is 20.4. The monoisotopic (exact) mass is 493 g/mol. The summed E-state index contributed by atoms with van der Waals surface area (Å²) in [5, 5.41) is 57.2. The maximum absolute atomic E-state index is 10.5. The molecule has 0 saturated carbocycles. The molecular weight excluding hydrogens is 470 g/mol. The predicted molar refractivity (Wildman–Crippen MR) is 118 cm³/mol. The molecule has 2 aromatic carbocycles. The zero-order chi connectivity index (χ0) is 27.4. The highest BCUT2D eigenvalue weighted by molar-refractivity contribution is 6.01. The summed E-state index contributed by atoms with van der Waals surface area (Å²) in [6.07, 6.45) is 0. The van der Waals surface area contributed by atoms with Crippen molar-refractivity contribution in [3.63, 3.8) is 0 Å². The summed E-state index contributed by atoms with van der Waals surface area (Å²) in [5.41, 5.74) is -0.380. The molecule has 14 heteroatoms. The van der Waals surface area contributed by atoms with Gasteiger partial charge in [-0.25, -0.2) is 9.59 Å². The van der Waals surface area contributed by atoms with Crippen molar-refractivity contribution in [1.82, 2.24) is 15.0 Å². The summed E-state index contributed by atoms with van der Waals surface area (Å²) in [7, 11) is 0. The minimum absolute atomic E-state index is 0.190. The summed E-state index contributed by atoms with van der Waals surface area (Å²) < 4.78 is 0. The second-order valence-electron chi connectivity index (χ2n) is 5.58. The average molecular weight is 493 g/mol. The highest BCUT2D eigenvalue weighted by Gasteiger charge is 2.13. The van der Waals surface area contributed by atoms with Crippen LogP contribution in [0, 0.1) is 0 Å². The van der Waals surface area contributed by atoms with Crippen LogP contribution in [0.5, 0.6) is 18.0 Å². The Balaban J connectivity index is 0. The van der Waals surface area contributed by atoms with E-state index in [1.165, 1.54) is 24.3 Å². The molecule has 0 radical (unpaired) electrons. The zero-order valence-electron chi connectivity index (χ0n) is 18.4. The first-order valence-corrected chi connectivity index (χ1v) is 9.05. The number of aliphatic carboxylic acids is 2. The Kier molecular flexibility index (Phi) is 16.7. The summed E-state index contributed by atoms with van der Waals surface area (Å²) in [5.74, 6) is -4.12. The molecule has 0 aliphatic rings. The molecule has 1 heterocycles. The van der Waals surface area contributed by atoms with Gasteiger partial charge in [-0.05, 0) is 12.1 Å². The van der Waals surface area contributed by atoms with Gasteiger partial charge in [-0.2, -0.15) is 0 Å². The van der Waals surface area contributed by atoms with Crippen molar-refractivity contribution in [2.24, 2.45) is 0 Å². The van der Waals surface area contributed by atoms with E-state index in [1.54, 1.807) is 0 Å². The Hall–Kier alpha value is -5.27. The number of nitrogens with zero attached hydrogens (tertiary/aromatic N) is 3. The van der Waals surface area contributed by atoms with Crippen molar-refractivity contribution in [3.05, 3.63) is 71.8 Å². The number of hydrogen-bond acceptors (Lipinski definition) is 10. The molecule has 35 heavy (non-hydrogen) atoms. The standard InChI is InChI=1S/C8H6O4.C6H6.C3H3N3O3.2C2H4O2/c9-7(10)5-3-1-2-4-6(5)8(11)12;1-2-4-6-5-3-1;7-1-4-2(8)6-3(9)5-1;2*1-2(3)4/h1-4H,(H,9,10)(H,11,12);1-6H;(H3,4,5,6,7,8,9);2*1H3,(H,3,4). The Morgan fingerprint density at radius 2 is 0.714 bits per heavy atom. The van der Waals surface area contributed by atoms with Crippen molar-refractivity contribution in [3.8, 4) is 18.0 Å². The average Bonchev–Trinajstić information content (AvgIpc) is 2.74. The SMILES string of the molecule is CC(=O)O.CC(=O)O.O=C(O)c1ccccc1C(=O)O.Oc1nc(O)nc(O)n1.c1ccccc1. The number of rotatable bonds is 2. The number of carboxylic acids is 4. The maximum atomic E-state index is 10.5. The molecule has 188 valence electrons. The largest absolute Gasteiger partial charge is 0.481 e. The number of aromatic carboxylic acids is 2. The van der Waals surface area contributed by atoms with Crippen molar-refractivity contribution in [1.29, 1.82) is 0 Å². The Morgan fingerprint density at radius 3 is 0.886 bits per heavy atom. The fourth-order valence-corrected chi connectivity index (χ4v) is 1.58. The van der Waals surface area contributed by atoms with Gasteiger partial charge in [0.2, 0.25) is 0 Å². The molecule has 7 N–H and O–H groups in total. The number of hydrogen-bond donors (Lipinski definition) is 7. The van der Waals surface area contributed by atoms with Crippen LogP contribution in [0.25, 0.3) is 0 Å². The summed E-state index contributed by atoms with van der Waals surface area (Å²) >= 11 is 0. The molecule has 0 fully saturated rings. The van der Waals surface area contributed by atoms with Gasteiger partial charge in [0.1, 0.15) is 0 Å². The van der Waals surface area contributed by atoms with Crippen LogP contribution >= 0.6 is 0 Å². The van der Waals surface area contributed by atoms with Crippen LogP contribution in [0.2, 0.25) is 0 Å². The number of benzene rings is 2. The first-order chi connectivity index (χ1) is 16.3. The zero-order valence-corrected chi connectivity index (χ0v) is 18.4. The minimum Gasteiger partial charge on any atom is -0.481 e. The number of carboxylic acid groups (broad SMARTS) is 4. The molecular formula is C21H23N3O11. The molecule has 0 aliphatic heterocycles. The quantitative estimate of drug-likeness (QED) is 0.269. The van der Waals surface area contributed by atoms with E-state index in [4.69, 9.17) is 45.3 Å². The minimum atomic E-state index is -1.23. The topological polar surface area (TPSA) is 249 Å². The van der Waals surface area contributed by atoms with E-state index in [-0.39, 0.29) is 11.1 Å². The van der Waals surface area contributed by atoms with Gasteiger partial charge in [-0.1, -0.05) is 48.5 Å². The molecule has 0 saturated heterocycles. The van der Waals surface area contributed by atoms with Gasteiger partial charge in [0.05, 0.1) is 11.1 Å². The molecule has 0 aliphatic carbocycles. The third-order valence-electron chi connectivity index (χ3n) is 2.65. The van der Waals surface area contributed by atoms with Gasteiger partial charge in [0, 0.05) is 13.8 Å². The van der Waals surface area contributed by atoms with E-state index in [0.29, 0.717) is 0 Å². The van der Waals surface area contributed by atoms with Crippen LogP contribution < -0.4 is 0 Å². The summed E-state index contributed by atoms with van der Waals surface area (Å²) in [4.78, 5) is 47.8. The Morgan fingerprint density at radius 1 is 0.514 bits per heavy atom. The van der Waals surface area contributed by atoms with Crippen molar-refractivity contribution >= 4 is 23.9 Å². The van der Waals surface area contributed by atoms with Gasteiger partial charge in [0.15, 0.2) is 0 Å². The van der Waals surface area contributed by atoms with E-state index in [0.717, 1.165) is 13.8 Å². The fraction of sp³-hybridized carbons (Fsp3) is 0.0952. The summed E-state index contributed by atoms with van der Waals surface area (Å²) in [6.45, 7) is 2.17. The maximum Gasteiger partial charge on any atom is 0.336 e. The lowest BCUT2D eigenvalue weighted by Gasteiger charge is -1.98. The van der Waals surface area contributed by atoms with Gasteiger partial charge in [0.25, 0.3) is 11.9 Å². The van der Waals surface area contributed by atoms with Crippen molar-refractivity contribution in [2.75, 3.05) is 0 Å². The highest BCUT2D eigenvalue weighted by Crippen LogP contribution is 2.09. The lowest BCUT2D eigenvalue weighted by Crippen LogP contribution is -2.06. The molecule has 0 unspecified atom stereocenters. The van der Waals surface area contributed by atoms with E-state index in [1.807, 2.05) is 36.4 Å². The van der Waals surface area contributed by atoms with Gasteiger partial charge >= 0.3 is 30.0 Å². The van der Waals surface area contributed by atoms with Crippen LogP contribution in [0.4, 0.5) is 0 Å². The van der Waals surface area contributed by atoms with E-state index in [9.17, 15) is 9.59 Å². The van der Waals surface area contributed by atoms with Crippen LogP contribution in [-0.4, -0.2) is 74.6 Å². The summed E-state index contributed by atoms with van der Waals surface area (Å²) in [6, 6.07) is 15.4. The first-order valence-electron chi connectivity index (χ1n) is 9.05. The highest BCUT2D eigenvalue weighted by atomic mass is 16.4. The van der Waals surface area contributed by atoms with E-state index >= 15 is 0 Å². The second-order valence-corrected chi connectivity index (χ2v) is 5.58. The van der Waals surface area contributed by atoms with Crippen LogP contribution in [0.1, 0.15) is 34.6 Å². The molecule has 0 spiro atoms.